The van der Waals surface area contributed by atoms with Crippen LogP contribution in [0.5, 0.6) is 0 Å². The number of esters is 1. The van der Waals surface area contributed by atoms with Gasteiger partial charge >= 0.3 is 5.97 Å². The molecule has 0 unspecified atom stereocenters. The summed E-state index contributed by atoms with van der Waals surface area (Å²) in [4.78, 5) is 11.2. The van der Waals surface area contributed by atoms with Gasteiger partial charge in [0.15, 0.2) is 0 Å². The predicted octanol–water partition coefficient (Wildman–Crippen LogP) is 2.40. The third-order valence-electron chi connectivity index (χ3n) is 4.50. The summed E-state index contributed by atoms with van der Waals surface area (Å²) in [5, 5.41) is 20.3. The van der Waals surface area contributed by atoms with Crippen LogP contribution in [0.4, 0.5) is 0 Å². The van der Waals surface area contributed by atoms with E-state index in [1.165, 1.54) is 6.08 Å². The lowest BCUT2D eigenvalue weighted by Gasteiger charge is -2.35. The molecule has 3 rings (SSSR count). The number of rotatable bonds is 5. The fourth-order valence-corrected chi connectivity index (χ4v) is 3.10. The Morgan fingerprint density at radius 2 is 1.96 bits per heavy atom. The smallest absolute Gasteiger partial charge is 0.331 e. The lowest BCUT2D eigenvalue weighted by Crippen LogP contribution is -2.47. The Kier molecular flexibility index (Phi) is 6.39. The average molecular weight is 356 g/mol. The van der Waals surface area contributed by atoms with Crippen LogP contribution in [-0.4, -0.2) is 46.7 Å². The summed E-state index contributed by atoms with van der Waals surface area (Å²) < 4.78 is 11.1. The minimum Gasteiger partial charge on any atom is -0.455 e. The third kappa shape index (κ3) is 5.14. The molecule has 1 saturated heterocycles. The SMILES string of the molecule is O=C1C=CC[C@H](C=CC[C@H]2C[C@@H](O)[C@H](O)[C@@H](C=Cc3ccccc3)O2)O1. The maximum absolute atomic E-state index is 11.2. The van der Waals surface area contributed by atoms with Gasteiger partial charge in [-0.2, -0.15) is 0 Å². The maximum Gasteiger partial charge on any atom is 0.331 e. The van der Waals surface area contributed by atoms with Crippen LogP contribution in [0, 0.1) is 0 Å². The van der Waals surface area contributed by atoms with Gasteiger partial charge in [-0.15, -0.1) is 0 Å². The number of cyclic esters (lactones) is 1. The summed E-state index contributed by atoms with van der Waals surface area (Å²) in [6, 6.07) is 9.74. The molecule has 1 fully saturated rings. The Labute approximate surface area is 153 Å². The summed E-state index contributed by atoms with van der Waals surface area (Å²) in [6.45, 7) is 0. The fourth-order valence-electron chi connectivity index (χ4n) is 3.10. The number of hydrogen-bond acceptors (Lipinski definition) is 5. The zero-order chi connectivity index (χ0) is 18.4. The summed E-state index contributed by atoms with van der Waals surface area (Å²) in [5.74, 6) is -0.329. The van der Waals surface area contributed by atoms with Gasteiger partial charge in [-0.1, -0.05) is 54.6 Å². The first-order valence-corrected chi connectivity index (χ1v) is 8.90. The fraction of sp³-hybridized carbons (Fsp3) is 0.381. The predicted molar refractivity (Wildman–Crippen MR) is 98.2 cm³/mol. The number of benzene rings is 1. The van der Waals surface area contributed by atoms with Crippen molar-refractivity contribution in [1.29, 1.82) is 0 Å². The first-order chi connectivity index (χ1) is 12.6. The van der Waals surface area contributed by atoms with E-state index in [-0.39, 0.29) is 18.2 Å². The van der Waals surface area contributed by atoms with Crippen molar-refractivity contribution in [2.75, 3.05) is 0 Å². The quantitative estimate of drug-likeness (QED) is 0.626. The van der Waals surface area contributed by atoms with Gasteiger partial charge in [-0.25, -0.2) is 4.79 Å². The molecule has 2 heterocycles. The molecule has 2 N–H and O–H groups in total. The summed E-state index contributed by atoms with van der Waals surface area (Å²) in [7, 11) is 0. The molecule has 0 saturated carbocycles. The minimum atomic E-state index is -0.945. The molecule has 2 aliphatic rings. The minimum absolute atomic E-state index is 0.204. The van der Waals surface area contributed by atoms with Crippen LogP contribution in [-0.2, 0) is 14.3 Å². The van der Waals surface area contributed by atoms with Gasteiger partial charge in [0.05, 0.1) is 12.2 Å². The molecule has 0 aromatic heterocycles. The number of carbonyl (C=O) groups is 1. The molecule has 5 atom stereocenters. The van der Waals surface area contributed by atoms with E-state index in [1.54, 1.807) is 12.2 Å². The van der Waals surface area contributed by atoms with Gasteiger partial charge < -0.3 is 19.7 Å². The van der Waals surface area contributed by atoms with Crippen LogP contribution in [0.15, 0.2) is 60.7 Å². The highest BCUT2D eigenvalue weighted by molar-refractivity contribution is 5.82. The lowest BCUT2D eigenvalue weighted by atomic mass is 9.95. The van der Waals surface area contributed by atoms with Crippen molar-refractivity contribution >= 4 is 12.0 Å². The maximum atomic E-state index is 11.2. The van der Waals surface area contributed by atoms with E-state index in [9.17, 15) is 15.0 Å². The Morgan fingerprint density at radius 1 is 1.15 bits per heavy atom. The molecule has 138 valence electrons. The molecule has 1 aromatic carbocycles. The molecule has 1 aromatic rings. The van der Waals surface area contributed by atoms with Crippen LogP contribution >= 0.6 is 0 Å². The highest BCUT2D eigenvalue weighted by atomic mass is 16.5. The van der Waals surface area contributed by atoms with Crippen LogP contribution in [0.2, 0.25) is 0 Å². The van der Waals surface area contributed by atoms with E-state index in [1.807, 2.05) is 48.6 Å². The zero-order valence-corrected chi connectivity index (χ0v) is 14.5. The van der Waals surface area contributed by atoms with Crippen LogP contribution < -0.4 is 0 Å². The van der Waals surface area contributed by atoms with E-state index in [0.717, 1.165) is 5.56 Å². The second-order valence-corrected chi connectivity index (χ2v) is 6.56. The van der Waals surface area contributed by atoms with Crippen LogP contribution in [0.25, 0.3) is 6.08 Å². The molecule has 26 heavy (non-hydrogen) atoms. The number of aliphatic hydroxyl groups is 2. The summed E-state index contributed by atoms with van der Waals surface area (Å²) >= 11 is 0. The van der Waals surface area contributed by atoms with Crippen molar-refractivity contribution < 1.29 is 24.5 Å². The van der Waals surface area contributed by atoms with Gasteiger partial charge in [-0.05, 0) is 18.1 Å². The lowest BCUT2D eigenvalue weighted by molar-refractivity contribution is -0.149. The van der Waals surface area contributed by atoms with Crippen molar-refractivity contribution in [2.45, 2.75) is 49.8 Å². The van der Waals surface area contributed by atoms with Gasteiger partial charge in [0.2, 0.25) is 0 Å². The van der Waals surface area contributed by atoms with Crippen LogP contribution in [0.1, 0.15) is 24.8 Å². The van der Waals surface area contributed by atoms with Crippen LogP contribution in [0.3, 0.4) is 0 Å². The first kappa shape index (κ1) is 18.6. The van der Waals surface area contributed by atoms with E-state index in [4.69, 9.17) is 9.47 Å². The van der Waals surface area contributed by atoms with Gasteiger partial charge in [0, 0.05) is 18.9 Å². The highest BCUT2D eigenvalue weighted by Crippen LogP contribution is 2.24. The van der Waals surface area contributed by atoms with Gasteiger partial charge in [-0.3, -0.25) is 0 Å². The zero-order valence-electron chi connectivity index (χ0n) is 14.5. The molecule has 5 nitrogen and oxygen atoms in total. The molecule has 0 spiro atoms. The monoisotopic (exact) mass is 356 g/mol. The molecule has 0 amide bonds. The largest absolute Gasteiger partial charge is 0.455 e. The standard InChI is InChI=1S/C21H24O5/c22-18-14-17(10-4-8-16-9-5-11-20(23)26-16)25-19(21(18)24)13-12-15-6-2-1-3-7-15/h1-8,11-13,16-19,21-22,24H,9-10,14H2/t16-,17-,18+,19+,21-/m0/s1. The van der Waals surface area contributed by atoms with E-state index in [0.29, 0.717) is 19.3 Å². The number of aliphatic hydroxyl groups excluding tert-OH is 2. The molecule has 5 heteroatoms. The first-order valence-electron chi connectivity index (χ1n) is 8.90. The second kappa shape index (κ2) is 8.94. The highest BCUT2D eigenvalue weighted by Gasteiger charge is 2.34. The molecule has 0 aliphatic carbocycles. The van der Waals surface area contributed by atoms with Gasteiger partial charge in [0.25, 0.3) is 0 Å². The van der Waals surface area contributed by atoms with E-state index < -0.39 is 18.3 Å². The van der Waals surface area contributed by atoms with Crippen molar-refractivity contribution in [3.63, 3.8) is 0 Å². The van der Waals surface area contributed by atoms with E-state index in [2.05, 4.69) is 0 Å². The Balaban J connectivity index is 1.56. The topological polar surface area (TPSA) is 76.0 Å². The molecule has 0 radical (unpaired) electrons. The molecule has 0 bridgehead atoms. The average Bonchev–Trinajstić information content (AvgIpc) is 2.64. The van der Waals surface area contributed by atoms with Crippen molar-refractivity contribution in [2.24, 2.45) is 0 Å². The number of ether oxygens (including phenoxy) is 2. The normalized spacial score (nSPS) is 32.2. The van der Waals surface area contributed by atoms with E-state index >= 15 is 0 Å². The number of carbonyl (C=O) groups excluding carboxylic acids is 1. The summed E-state index contributed by atoms with van der Waals surface area (Å²) in [5.41, 5.74) is 1.01. The van der Waals surface area contributed by atoms with Crippen molar-refractivity contribution in [3.05, 3.63) is 66.3 Å². The summed E-state index contributed by atoms with van der Waals surface area (Å²) in [6.07, 6.45) is 9.46. The molecule has 2 aliphatic heterocycles. The van der Waals surface area contributed by atoms with Crippen molar-refractivity contribution in [1.82, 2.24) is 0 Å². The Bertz CT molecular complexity index is 679. The van der Waals surface area contributed by atoms with Gasteiger partial charge in [0.1, 0.15) is 18.3 Å². The molecular formula is C21H24O5. The Hall–Kier alpha value is -2.21. The number of hydrogen-bond donors (Lipinski definition) is 2. The second-order valence-electron chi connectivity index (χ2n) is 6.56. The Morgan fingerprint density at radius 3 is 2.73 bits per heavy atom. The molecular weight excluding hydrogens is 332 g/mol. The van der Waals surface area contributed by atoms with Crippen molar-refractivity contribution in [3.8, 4) is 0 Å². The third-order valence-corrected chi connectivity index (χ3v) is 4.50.